The Balaban J connectivity index is 1.43. The van der Waals surface area contributed by atoms with Crippen LogP contribution in [0.4, 0.5) is 0 Å². The Morgan fingerprint density at radius 2 is 2.04 bits per heavy atom. The number of aromatic nitrogens is 1. The van der Waals surface area contributed by atoms with Gasteiger partial charge in [-0.3, -0.25) is 14.7 Å². The second kappa shape index (κ2) is 7.73. The normalized spacial score (nSPS) is 23.8. The first kappa shape index (κ1) is 16.2. The first-order valence-corrected chi connectivity index (χ1v) is 8.82. The minimum absolute atomic E-state index is 0.224. The summed E-state index contributed by atoms with van der Waals surface area (Å²) in [6, 6.07) is 4.94. The average molecular weight is 313 g/mol. The summed E-state index contributed by atoms with van der Waals surface area (Å²) in [5.74, 6) is 0.684. The van der Waals surface area contributed by atoms with Crippen molar-refractivity contribution in [3.63, 3.8) is 0 Å². The monoisotopic (exact) mass is 313 g/mol. The van der Waals surface area contributed by atoms with E-state index in [1.165, 1.54) is 5.56 Å². The summed E-state index contributed by atoms with van der Waals surface area (Å²) in [6.07, 6.45) is 13.1. The van der Waals surface area contributed by atoms with E-state index in [0.29, 0.717) is 24.4 Å². The third-order valence-corrected chi connectivity index (χ3v) is 5.19. The van der Waals surface area contributed by atoms with Gasteiger partial charge in [0.2, 0.25) is 5.91 Å². The molecule has 1 N–H and O–H groups in total. The standard InChI is InChI=1S/C19H27N3O/c1-15(17-6-10-20-11-7-17)22-12-8-18(9-13-22)21-19(23)14-16-4-2-3-5-16/h2,4,6-7,10-11,15-16,18H,3,5,8-9,12-14H2,1H3,(H,21,23). The van der Waals surface area contributed by atoms with Crippen molar-refractivity contribution in [2.75, 3.05) is 13.1 Å². The number of amides is 1. The molecule has 0 radical (unpaired) electrons. The summed E-state index contributed by atoms with van der Waals surface area (Å²) in [4.78, 5) is 18.7. The van der Waals surface area contributed by atoms with E-state index in [9.17, 15) is 4.79 Å². The Bertz CT molecular complexity index is 535. The molecule has 1 aromatic heterocycles. The fraction of sp³-hybridized carbons (Fsp3) is 0.579. The Labute approximate surface area is 139 Å². The van der Waals surface area contributed by atoms with Gasteiger partial charge in [0, 0.05) is 44.0 Å². The van der Waals surface area contributed by atoms with Gasteiger partial charge in [-0.05, 0) is 56.2 Å². The van der Waals surface area contributed by atoms with Crippen molar-refractivity contribution >= 4 is 5.91 Å². The molecule has 1 aromatic rings. The third kappa shape index (κ3) is 4.41. The van der Waals surface area contributed by atoms with Crippen LogP contribution >= 0.6 is 0 Å². The van der Waals surface area contributed by atoms with E-state index in [1.54, 1.807) is 0 Å². The van der Waals surface area contributed by atoms with Gasteiger partial charge in [-0.1, -0.05) is 12.2 Å². The molecule has 2 aliphatic rings. The van der Waals surface area contributed by atoms with E-state index in [4.69, 9.17) is 0 Å². The van der Waals surface area contributed by atoms with Crippen molar-refractivity contribution in [2.24, 2.45) is 5.92 Å². The van der Waals surface area contributed by atoms with Crippen LogP contribution < -0.4 is 5.32 Å². The van der Waals surface area contributed by atoms with E-state index >= 15 is 0 Å². The number of carbonyl (C=O) groups is 1. The number of hydrogen-bond acceptors (Lipinski definition) is 3. The van der Waals surface area contributed by atoms with Crippen LogP contribution in [0.25, 0.3) is 0 Å². The third-order valence-electron chi connectivity index (χ3n) is 5.19. The van der Waals surface area contributed by atoms with Gasteiger partial charge in [0.05, 0.1) is 0 Å². The maximum atomic E-state index is 12.1. The Kier molecular flexibility index (Phi) is 5.44. The van der Waals surface area contributed by atoms with Crippen LogP contribution in [0, 0.1) is 5.92 Å². The van der Waals surface area contributed by atoms with Crippen molar-refractivity contribution in [3.05, 3.63) is 42.2 Å². The maximum absolute atomic E-state index is 12.1. The molecule has 0 aromatic carbocycles. The largest absolute Gasteiger partial charge is 0.353 e. The molecule has 124 valence electrons. The summed E-state index contributed by atoms with van der Waals surface area (Å²) >= 11 is 0. The quantitative estimate of drug-likeness (QED) is 0.850. The highest BCUT2D eigenvalue weighted by atomic mass is 16.1. The van der Waals surface area contributed by atoms with Crippen LogP contribution in [-0.4, -0.2) is 34.9 Å². The van der Waals surface area contributed by atoms with Gasteiger partial charge in [-0.2, -0.15) is 0 Å². The molecule has 0 saturated carbocycles. The predicted molar refractivity (Wildman–Crippen MR) is 91.9 cm³/mol. The molecule has 1 saturated heterocycles. The summed E-state index contributed by atoms with van der Waals surface area (Å²) in [5, 5.41) is 3.24. The first-order chi connectivity index (χ1) is 11.2. The second-order valence-corrected chi connectivity index (χ2v) is 6.80. The van der Waals surface area contributed by atoms with E-state index < -0.39 is 0 Å². The topological polar surface area (TPSA) is 45.2 Å². The molecule has 2 atom stereocenters. The molecule has 0 bridgehead atoms. The van der Waals surface area contributed by atoms with Crippen molar-refractivity contribution in [1.82, 2.24) is 15.2 Å². The number of nitrogens with zero attached hydrogens (tertiary/aromatic N) is 2. The van der Waals surface area contributed by atoms with Gasteiger partial charge in [-0.25, -0.2) is 0 Å². The zero-order chi connectivity index (χ0) is 16.1. The highest BCUT2D eigenvalue weighted by molar-refractivity contribution is 5.76. The molecule has 3 rings (SSSR count). The van der Waals surface area contributed by atoms with Gasteiger partial charge in [0.1, 0.15) is 0 Å². The van der Waals surface area contributed by atoms with E-state index in [0.717, 1.165) is 38.8 Å². The zero-order valence-corrected chi connectivity index (χ0v) is 13.9. The smallest absolute Gasteiger partial charge is 0.220 e. The van der Waals surface area contributed by atoms with Gasteiger partial charge in [0.15, 0.2) is 0 Å². The number of hydrogen-bond donors (Lipinski definition) is 1. The number of pyridine rings is 1. The second-order valence-electron chi connectivity index (χ2n) is 6.80. The summed E-state index contributed by atoms with van der Waals surface area (Å²) in [5.41, 5.74) is 1.32. The van der Waals surface area contributed by atoms with Crippen molar-refractivity contribution in [1.29, 1.82) is 0 Å². The van der Waals surface area contributed by atoms with Crippen molar-refractivity contribution in [2.45, 2.75) is 51.1 Å². The fourth-order valence-corrected chi connectivity index (χ4v) is 3.67. The number of nitrogens with one attached hydrogen (secondary N) is 1. The SMILES string of the molecule is CC(c1ccncc1)N1CCC(NC(=O)CC2C=CCC2)CC1. The fourth-order valence-electron chi connectivity index (χ4n) is 3.67. The molecule has 1 aliphatic carbocycles. The highest BCUT2D eigenvalue weighted by Crippen LogP contribution is 2.24. The molecule has 4 nitrogen and oxygen atoms in total. The van der Waals surface area contributed by atoms with E-state index in [-0.39, 0.29) is 5.91 Å². The number of likely N-dealkylation sites (tertiary alicyclic amines) is 1. The highest BCUT2D eigenvalue weighted by Gasteiger charge is 2.25. The first-order valence-electron chi connectivity index (χ1n) is 8.82. The molecule has 0 spiro atoms. The van der Waals surface area contributed by atoms with Crippen molar-refractivity contribution in [3.8, 4) is 0 Å². The van der Waals surface area contributed by atoms with Gasteiger partial charge >= 0.3 is 0 Å². The molecular weight excluding hydrogens is 286 g/mol. The Hall–Kier alpha value is -1.68. The number of allylic oxidation sites excluding steroid dienone is 2. The van der Waals surface area contributed by atoms with Gasteiger partial charge < -0.3 is 5.32 Å². The lowest BCUT2D eigenvalue weighted by Crippen LogP contribution is -2.45. The maximum Gasteiger partial charge on any atom is 0.220 e. The van der Waals surface area contributed by atoms with Crippen molar-refractivity contribution < 1.29 is 4.79 Å². The Morgan fingerprint density at radius 1 is 1.30 bits per heavy atom. The summed E-state index contributed by atoms with van der Waals surface area (Å²) < 4.78 is 0. The molecule has 1 fully saturated rings. The lowest BCUT2D eigenvalue weighted by molar-refractivity contribution is -0.122. The van der Waals surface area contributed by atoms with Crippen LogP contribution in [0.2, 0.25) is 0 Å². The van der Waals surface area contributed by atoms with Gasteiger partial charge in [-0.15, -0.1) is 0 Å². The number of rotatable bonds is 5. The molecule has 2 heterocycles. The minimum atomic E-state index is 0.224. The molecule has 1 aliphatic heterocycles. The van der Waals surface area contributed by atoms with Crippen LogP contribution in [0.3, 0.4) is 0 Å². The number of carbonyl (C=O) groups excluding carboxylic acids is 1. The van der Waals surface area contributed by atoms with E-state index in [2.05, 4.69) is 46.4 Å². The lowest BCUT2D eigenvalue weighted by Gasteiger charge is -2.36. The van der Waals surface area contributed by atoms with Crippen LogP contribution in [0.15, 0.2) is 36.7 Å². The van der Waals surface area contributed by atoms with E-state index in [1.807, 2.05) is 12.4 Å². The minimum Gasteiger partial charge on any atom is -0.353 e. The van der Waals surface area contributed by atoms with Crippen LogP contribution in [0.5, 0.6) is 0 Å². The molecule has 4 heteroatoms. The van der Waals surface area contributed by atoms with Crippen LogP contribution in [0.1, 0.15) is 50.6 Å². The van der Waals surface area contributed by atoms with Crippen LogP contribution in [-0.2, 0) is 4.79 Å². The Morgan fingerprint density at radius 3 is 2.70 bits per heavy atom. The molecular formula is C19H27N3O. The predicted octanol–water partition coefficient (Wildman–Crippen LogP) is 3.08. The molecule has 2 unspecified atom stereocenters. The summed E-state index contributed by atoms with van der Waals surface area (Å²) in [6.45, 7) is 4.33. The average Bonchev–Trinajstić information content (AvgIpc) is 3.08. The number of piperidine rings is 1. The summed E-state index contributed by atoms with van der Waals surface area (Å²) in [7, 11) is 0. The molecule has 1 amide bonds. The molecule has 23 heavy (non-hydrogen) atoms. The zero-order valence-electron chi connectivity index (χ0n) is 13.9. The lowest BCUT2D eigenvalue weighted by atomic mass is 9.99. The van der Waals surface area contributed by atoms with Gasteiger partial charge in [0.25, 0.3) is 0 Å².